The summed E-state index contributed by atoms with van der Waals surface area (Å²) >= 11 is 6.19. The summed E-state index contributed by atoms with van der Waals surface area (Å²) in [5, 5.41) is 3.46. The van der Waals surface area contributed by atoms with E-state index in [0.29, 0.717) is 29.0 Å². The lowest BCUT2D eigenvalue weighted by Crippen LogP contribution is -2.41. The minimum absolute atomic E-state index is 0. The molecule has 23 heavy (non-hydrogen) atoms. The lowest BCUT2D eigenvalue weighted by atomic mass is 9.88. The van der Waals surface area contributed by atoms with Crippen molar-refractivity contribution >= 4 is 35.6 Å². The zero-order chi connectivity index (χ0) is 15.7. The number of amides is 1. The summed E-state index contributed by atoms with van der Waals surface area (Å²) in [7, 11) is 0. The van der Waals surface area contributed by atoms with Gasteiger partial charge in [0.05, 0.1) is 23.2 Å². The lowest BCUT2D eigenvalue weighted by molar-refractivity contribution is -0.120. The van der Waals surface area contributed by atoms with Crippen LogP contribution in [0.15, 0.2) is 30.4 Å². The van der Waals surface area contributed by atoms with Crippen LogP contribution >= 0.6 is 24.0 Å². The number of rotatable bonds is 5. The molecular formula is C17H22Cl2N2O2. The Balaban J connectivity index is 0.00000192. The number of nitrogens with two attached hydrogens (primary N) is 1. The highest BCUT2D eigenvalue weighted by Crippen LogP contribution is 2.43. The molecule has 0 heterocycles. The molecule has 1 fully saturated rings. The van der Waals surface area contributed by atoms with Crippen LogP contribution in [0, 0.1) is 17.8 Å². The van der Waals surface area contributed by atoms with Gasteiger partial charge in [0.1, 0.15) is 0 Å². The second kappa shape index (κ2) is 7.56. The normalized spacial score (nSPS) is 27.6. The molecule has 0 radical (unpaired) electrons. The topological polar surface area (TPSA) is 64.3 Å². The van der Waals surface area contributed by atoms with Crippen molar-refractivity contribution in [3.8, 4) is 5.75 Å². The van der Waals surface area contributed by atoms with E-state index in [9.17, 15) is 4.79 Å². The molecule has 1 saturated carbocycles. The van der Waals surface area contributed by atoms with Crippen LogP contribution < -0.4 is 15.8 Å². The SMILES string of the molecule is CCCOc1c(Cl)cccc1NC(=O)[C@H]1[C@@H](N)[C@H]2C=C[C@@H]1C2.Cl. The molecule has 6 heteroatoms. The second-order valence-corrected chi connectivity index (χ2v) is 6.41. The Kier molecular flexibility index (Phi) is 5.95. The zero-order valence-electron chi connectivity index (χ0n) is 13.0. The van der Waals surface area contributed by atoms with Crippen molar-refractivity contribution in [2.24, 2.45) is 23.5 Å². The molecule has 2 aliphatic rings. The monoisotopic (exact) mass is 356 g/mol. The third-order valence-corrected chi connectivity index (χ3v) is 4.80. The molecule has 2 aliphatic carbocycles. The van der Waals surface area contributed by atoms with Crippen LogP contribution in [0.2, 0.25) is 5.02 Å². The van der Waals surface area contributed by atoms with Crippen LogP contribution in [-0.2, 0) is 4.79 Å². The number of nitrogens with one attached hydrogen (secondary N) is 1. The number of halogens is 2. The van der Waals surface area contributed by atoms with Gasteiger partial charge in [-0.05, 0) is 36.8 Å². The summed E-state index contributed by atoms with van der Waals surface area (Å²) in [4.78, 5) is 12.6. The van der Waals surface area contributed by atoms with Gasteiger partial charge in [-0.2, -0.15) is 0 Å². The van der Waals surface area contributed by atoms with Crippen molar-refractivity contribution < 1.29 is 9.53 Å². The molecule has 3 N–H and O–H groups in total. The standard InChI is InChI=1S/C17H21ClN2O2.ClH/c1-2-8-22-16-12(18)4-3-5-13(16)20-17(21)14-10-6-7-11(9-10)15(14)19;/h3-7,10-11,14-15H,2,8-9,19H2,1H3,(H,20,21);1H/t10-,11+,14-,15+;/m1./s1. The highest BCUT2D eigenvalue weighted by Gasteiger charge is 2.46. The Morgan fingerprint density at radius 2 is 2.13 bits per heavy atom. The fourth-order valence-corrected chi connectivity index (χ4v) is 3.63. The number of ether oxygens (including phenoxy) is 1. The Hall–Kier alpha value is -1.23. The summed E-state index contributed by atoms with van der Waals surface area (Å²) in [5.41, 5.74) is 6.81. The number of hydrogen-bond donors (Lipinski definition) is 2. The molecule has 1 aromatic rings. The van der Waals surface area contributed by atoms with Crippen molar-refractivity contribution in [1.29, 1.82) is 0 Å². The van der Waals surface area contributed by atoms with E-state index in [2.05, 4.69) is 17.5 Å². The van der Waals surface area contributed by atoms with E-state index in [0.717, 1.165) is 12.8 Å². The average Bonchev–Trinajstić information content (AvgIpc) is 3.07. The maximum absolute atomic E-state index is 12.6. The molecule has 0 aromatic heterocycles. The third-order valence-electron chi connectivity index (χ3n) is 4.50. The van der Waals surface area contributed by atoms with Crippen molar-refractivity contribution in [3.63, 3.8) is 0 Å². The van der Waals surface area contributed by atoms with Crippen molar-refractivity contribution in [2.75, 3.05) is 11.9 Å². The van der Waals surface area contributed by atoms with Crippen molar-refractivity contribution in [3.05, 3.63) is 35.4 Å². The number of anilines is 1. The first kappa shape index (κ1) is 18.1. The minimum Gasteiger partial charge on any atom is -0.490 e. The van der Waals surface area contributed by atoms with Crippen molar-refractivity contribution in [1.82, 2.24) is 0 Å². The zero-order valence-corrected chi connectivity index (χ0v) is 14.6. The van der Waals surface area contributed by atoms with Crippen molar-refractivity contribution in [2.45, 2.75) is 25.8 Å². The van der Waals surface area contributed by atoms with Crippen LogP contribution in [-0.4, -0.2) is 18.6 Å². The number of allylic oxidation sites excluding steroid dienone is 1. The predicted octanol–water partition coefficient (Wildman–Crippen LogP) is 3.64. The number of benzene rings is 1. The first-order valence-corrected chi connectivity index (χ1v) is 8.15. The molecule has 1 amide bonds. The smallest absolute Gasteiger partial charge is 0.229 e. The highest BCUT2D eigenvalue weighted by molar-refractivity contribution is 6.32. The first-order chi connectivity index (χ1) is 10.6. The number of carbonyl (C=O) groups excluding carboxylic acids is 1. The van der Waals surface area contributed by atoms with E-state index >= 15 is 0 Å². The second-order valence-electron chi connectivity index (χ2n) is 6.01. The van der Waals surface area contributed by atoms with E-state index in [1.54, 1.807) is 12.1 Å². The van der Waals surface area contributed by atoms with E-state index in [4.69, 9.17) is 22.1 Å². The molecule has 0 aliphatic heterocycles. The highest BCUT2D eigenvalue weighted by atomic mass is 35.5. The van der Waals surface area contributed by atoms with Gasteiger partial charge >= 0.3 is 0 Å². The Morgan fingerprint density at radius 3 is 2.78 bits per heavy atom. The van der Waals surface area contributed by atoms with Crippen LogP contribution in [0.3, 0.4) is 0 Å². The summed E-state index contributed by atoms with van der Waals surface area (Å²) in [6.45, 7) is 2.58. The molecular weight excluding hydrogens is 335 g/mol. The molecule has 0 spiro atoms. The minimum atomic E-state index is -0.173. The molecule has 4 atom stereocenters. The maximum Gasteiger partial charge on any atom is 0.229 e. The van der Waals surface area contributed by atoms with E-state index in [1.165, 1.54) is 0 Å². The largest absolute Gasteiger partial charge is 0.490 e. The third kappa shape index (κ3) is 3.49. The Labute approximate surface area is 147 Å². The van der Waals surface area contributed by atoms with Crippen LogP contribution in [0.1, 0.15) is 19.8 Å². The molecule has 3 rings (SSSR count). The molecule has 2 bridgehead atoms. The van der Waals surface area contributed by atoms with Gasteiger partial charge in [-0.3, -0.25) is 4.79 Å². The van der Waals surface area contributed by atoms with Gasteiger partial charge in [-0.1, -0.05) is 36.7 Å². The van der Waals surface area contributed by atoms with E-state index in [-0.39, 0.29) is 36.2 Å². The van der Waals surface area contributed by atoms with Crippen LogP contribution in [0.4, 0.5) is 5.69 Å². The Morgan fingerprint density at radius 1 is 1.39 bits per heavy atom. The van der Waals surface area contributed by atoms with E-state index in [1.807, 2.05) is 13.0 Å². The van der Waals surface area contributed by atoms with Gasteiger partial charge in [-0.15, -0.1) is 12.4 Å². The Bertz CT molecular complexity index is 606. The molecule has 0 unspecified atom stereocenters. The molecule has 0 saturated heterocycles. The van der Waals surface area contributed by atoms with Gasteiger partial charge in [0.25, 0.3) is 0 Å². The average molecular weight is 357 g/mol. The van der Waals surface area contributed by atoms with Crippen LogP contribution in [0.25, 0.3) is 0 Å². The fraction of sp³-hybridized carbons (Fsp3) is 0.471. The predicted molar refractivity (Wildman–Crippen MR) is 95.3 cm³/mol. The number of carbonyl (C=O) groups is 1. The lowest BCUT2D eigenvalue weighted by Gasteiger charge is -2.24. The van der Waals surface area contributed by atoms with Gasteiger partial charge in [-0.25, -0.2) is 0 Å². The number of fused-ring (bicyclic) bond motifs is 2. The number of hydrogen-bond acceptors (Lipinski definition) is 3. The summed E-state index contributed by atoms with van der Waals surface area (Å²) < 4.78 is 5.68. The molecule has 1 aromatic carbocycles. The summed E-state index contributed by atoms with van der Waals surface area (Å²) in [5.74, 6) is 0.891. The molecule has 126 valence electrons. The maximum atomic E-state index is 12.6. The van der Waals surface area contributed by atoms with Gasteiger partial charge in [0, 0.05) is 6.04 Å². The quantitative estimate of drug-likeness (QED) is 0.791. The number of para-hydroxylation sites is 1. The molecule has 4 nitrogen and oxygen atoms in total. The van der Waals surface area contributed by atoms with Gasteiger partial charge < -0.3 is 15.8 Å². The fourth-order valence-electron chi connectivity index (χ4n) is 3.40. The first-order valence-electron chi connectivity index (χ1n) is 7.78. The van der Waals surface area contributed by atoms with Gasteiger partial charge in [0.2, 0.25) is 5.91 Å². The van der Waals surface area contributed by atoms with Gasteiger partial charge in [0.15, 0.2) is 5.75 Å². The van der Waals surface area contributed by atoms with Crippen LogP contribution in [0.5, 0.6) is 5.75 Å². The summed E-state index contributed by atoms with van der Waals surface area (Å²) in [6, 6.07) is 5.27. The summed E-state index contributed by atoms with van der Waals surface area (Å²) in [6.07, 6.45) is 6.10. The van der Waals surface area contributed by atoms with E-state index < -0.39 is 0 Å².